The molecule has 2 amide bonds. The lowest BCUT2D eigenvalue weighted by atomic mass is 9.91. The molecule has 0 spiro atoms. The summed E-state index contributed by atoms with van der Waals surface area (Å²) in [6, 6.07) is 17.0. The molecule has 1 aliphatic heterocycles. The summed E-state index contributed by atoms with van der Waals surface area (Å²) in [4.78, 5) is 29.1. The Bertz CT molecular complexity index is 777. The first kappa shape index (κ1) is 18.1. The third-order valence-electron chi connectivity index (χ3n) is 4.97. The molecule has 0 saturated carbocycles. The first-order chi connectivity index (χ1) is 12.4. The second-order valence-electron chi connectivity index (χ2n) is 7.02. The van der Waals surface area contributed by atoms with Gasteiger partial charge in [-0.25, -0.2) is 0 Å². The van der Waals surface area contributed by atoms with Gasteiger partial charge in [0.05, 0.1) is 0 Å². The Morgan fingerprint density at radius 2 is 1.42 bits per heavy atom. The highest BCUT2D eigenvalue weighted by molar-refractivity contribution is 5.94. The van der Waals surface area contributed by atoms with E-state index in [1.807, 2.05) is 61.5 Å². The van der Waals surface area contributed by atoms with Crippen molar-refractivity contribution >= 4 is 11.8 Å². The maximum atomic E-state index is 12.9. The van der Waals surface area contributed by atoms with E-state index in [4.69, 9.17) is 5.73 Å². The van der Waals surface area contributed by atoms with Gasteiger partial charge in [-0.05, 0) is 31.5 Å². The van der Waals surface area contributed by atoms with E-state index in [0.29, 0.717) is 31.7 Å². The van der Waals surface area contributed by atoms with E-state index >= 15 is 0 Å². The van der Waals surface area contributed by atoms with Crippen molar-refractivity contribution < 1.29 is 9.59 Å². The maximum absolute atomic E-state index is 12.9. The van der Waals surface area contributed by atoms with Gasteiger partial charge in [0.25, 0.3) is 5.91 Å². The molecule has 0 bridgehead atoms. The van der Waals surface area contributed by atoms with E-state index in [9.17, 15) is 9.59 Å². The summed E-state index contributed by atoms with van der Waals surface area (Å²) >= 11 is 0. The number of carbonyl (C=O) groups is 2. The summed E-state index contributed by atoms with van der Waals surface area (Å²) in [6.45, 7) is 5.77. The van der Waals surface area contributed by atoms with Gasteiger partial charge >= 0.3 is 0 Å². The summed E-state index contributed by atoms with van der Waals surface area (Å²) in [7, 11) is 0. The normalized spacial score (nSPS) is 16.9. The van der Waals surface area contributed by atoms with Crippen LogP contribution in [0.2, 0.25) is 0 Å². The zero-order valence-corrected chi connectivity index (χ0v) is 15.3. The molecule has 3 rings (SSSR count). The van der Waals surface area contributed by atoms with Crippen LogP contribution in [0.1, 0.15) is 28.4 Å². The number of rotatable bonds is 3. The first-order valence-electron chi connectivity index (χ1n) is 8.89. The van der Waals surface area contributed by atoms with Crippen molar-refractivity contribution in [2.45, 2.75) is 19.4 Å². The fraction of sp³-hybridized carbons (Fsp3) is 0.333. The second kappa shape index (κ2) is 7.30. The molecule has 5 heteroatoms. The third-order valence-corrected chi connectivity index (χ3v) is 4.97. The van der Waals surface area contributed by atoms with Crippen LogP contribution in [0, 0.1) is 6.92 Å². The fourth-order valence-corrected chi connectivity index (χ4v) is 3.23. The number of nitrogens with zero attached hydrogens (tertiary/aromatic N) is 2. The highest BCUT2D eigenvalue weighted by Gasteiger charge is 2.36. The van der Waals surface area contributed by atoms with E-state index in [1.54, 1.807) is 16.7 Å². The fourth-order valence-electron chi connectivity index (χ4n) is 3.23. The van der Waals surface area contributed by atoms with Crippen LogP contribution in [0.5, 0.6) is 0 Å². The molecule has 1 heterocycles. The van der Waals surface area contributed by atoms with Crippen molar-refractivity contribution in [3.05, 3.63) is 71.3 Å². The molecule has 1 unspecified atom stereocenters. The standard InChI is InChI=1S/C21H25N3O2/c1-16-8-10-17(11-9-16)19(25)23-12-14-24(15-13-23)20(26)21(2,22)18-6-4-3-5-7-18/h3-11H,12-15,22H2,1-2H3. The van der Waals surface area contributed by atoms with Gasteiger partial charge in [0, 0.05) is 31.7 Å². The van der Waals surface area contributed by atoms with Crippen molar-refractivity contribution in [2.75, 3.05) is 26.2 Å². The summed E-state index contributed by atoms with van der Waals surface area (Å²) in [6.07, 6.45) is 0. The molecular weight excluding hydrogens is 326 g/mol. The van der Waals surface area contributed by atoms with Crippen LogP contribution in [0.4, 0.5) is 0 Å². The molecule has 1 saturated heterocycles. The Labute approximate surface area is 154 Å². The number of piperazine rings is 1. The molecule has 0 aliphatic carbocycles. The van der Waals surface area contributed by atoms with Crippen LogP contribution in [0.25, 0.3) is 0 Å². The van der Waals surface area contributed by atoms with E-state index in [-0.39, 0.29) is 11.8 Å². The highest BCUT2D eigenvalue weighted by atomic mass is 16.2. The van der Waals surface area contributed by atoms with Crippen LogP contribution < -0.4 is 5.73 Å². The van der Waals surface area contributed by atoms with Gasteiger partial charge in [0.1, 0.15) is 5.54 Å². The summed E-state index contributed by atoms with van der Waals surface area (Å²) < 4.78 is 0. The third kappa shape index (κ3) is 3.63. The predicted octanol–water partition coefficient (Wildman–Crippen LogP) is 2.15. The van der Waals surface area contributed by atoms with Gasteiger partial charge in [-0.3, -0.25) is 9.59 Å². The molecule has 1 aliphatic rings. The summed E-state index contributed by atoms with van der Waals surface area (Å²) in [5.74, 6) is -0.0956. The van der Waals surface area contributed by atoms with E-state index in [2.05, 4.69) is 0 Å². The van der Waals surface area contributed by atoms with Crippen molar-refractivity contribution in [2.24, 2.45) is 5.73 Å². The molecule has 2 N–H and O–H groups in total. The molecule has 1 fully saturated rings. The number of hydrogen-bond acceptors (Lipinski definition) is 3. The van der Waals surface area contributed by atoms with E-state index in [1.165, 1.54) is 0 Å². The highest BCUT2D eigenvalue weighted by Crippen LogP contribution is 2.21. The lowest BCUT2D eigenvalue weighted by molar-refractivity contribution is -0.138. The van der Waals surface area contributed by atoms with Crippen molar-refractivity contribution in [3.8, 4) is 0 Å². The number of aryl methyl sites for hydroxylation is 1. The van der Waals surface area contributed by atoms with Crippen LogP contribution in [-0.2, 0) is 10.3 Å². The smallest absolute Gasteiger partial charge is 0.253 e. The maximum Gasteiger partial charge on any atom is 0.253 e. The molecular formula is C21H25N3O2. The quantitative estimate of drug-likeness (QED) is 0.921. The van der Waals surface area contributed by atoms with E-state index in [0.717, 1.165) is 11.1 Å². The van der Waals surface area contributed by atoms with Gasteiger partial charge in [-0.2, -0.15) is 0 Å². The average molecular weight is 351 g/mol. The number of amides is 2. The summed E-state index contributed by atoms with van der Waals surface area (Å²) in [5, 5.41) is 0. The SMILES string of the molecule is Cc1ccc(C(=O)N2CCN(C(=O)C(C)(N)c3ccccc3)CC2)cc1. The van der Waals surface area contributed by atoms with Crippen LogP contribution in [-0.4, -0.2) is 47.8 Å². The van der Waals surface area contributed by atoms with E-state index < -0.39 is 5.54 Å². The Balaban J connectivity index is 1.64. The Morgan fingerprint density at radius 3 is 2.00 bits per heavy atom. The van der Waals surface area contributed by atoms with Gasteiger partial charge in [0.2, 0.25) is 5.91 Å². The summed E-state index contributed by atoms with van der Waals surface area (Å²) in [5.41, 5.74) is 7.88. The minimum atomic E-state index is -1.07. The number of benzene rings is 2. The number of nitrogens with two attached hydrogens (primary N) is 1. The first-order valence-corrected chi connectivity index (χ1v) is 8.89. The monoisotopic (exact) mass is 351 g/mol. The zero-order chi connectivity index (χ0) is 18.7. The Morgan fingerprint density at radius 1 is 0.885 bits per heavy atom. The van der Waals surface area contributed by atoms with Gasteiger partial charge < -0.3 is 15.5 Å². The molecule has 0 radical (unpaired) electrons. The molecule has 5 nitrogen and oxygen atoms in total. The Kier molecular flexibility index (Phi) is 5.09. The van der Waals surface area contributed by atoms with Crippen LogP contribution in [0.3, 0.4) is 0 Å². The van der Waals surface area contributed by atoms with Crippen LogP contribution >= 0.6 is 0 Å². The molecule has 26 heavy (non-hydrogen) atoms. The minimum absolute atomic E-state index is 0.00988. The molecule has 1 atom stereocenters. The lowest BCUT2D eigenvalue weighted by Crippen LogP contribution is -2.57. The second-order valence-corrected chi connectivity index (χ2v) is 7.02. The largest absolute Gasteiger partial charge is 0.337 e. The predicted molar refractivity (Wildman–Crippen MR) is 102 cm³/mol. The number of carbonyl (C=O) groups excluding carboxylic acids is 2. The molecule has 136 valence electrons. The van der Waals surface area contributed by atoms with Gasteiger partial charge in [-0.15, -0.1) is 0 Å². The van der Waals surface area contributed by atoms with Crippen LogP contribution in [0.15, 0.2) is 54.6 Å². The molecule has 2 aromatic carbocycles. The van der Waals surface area contributed by atoms with Crippen molar-refractivity contribution in [3.63, 3.8) is 0 Å². The lowest BCUT2D eigenvalue weighted by Gasteiger charge is -2.38. The molecule has 2 aromatic rings. The van der Waals surface area contributed by atoms with Gasteiger partial charge in [-0.1, -0.05) is 48.0 Å². The molecule has 0 aromatic heterocycles. The minimum Gasteiger partial charge on any atom is -0.337 e. The topological polar surface area (TPSA) is 66.6 Å². The Hall–Kier alpha value is -2.66. The average Bonchev–Trinajstić information content (AvgIpc) is 2.68. The number of hydrogen-bond donors (Lipinski definition) is 1. The van der Waals surface area contributed by atoms with Gasteiger partial charge in [0.15, 0.2) is 0 Å². The zero-order valence-electron chi connectivity index (χ0n) is 15.3. The van der Waals surface area contributed by atoms with Crippen molar-refractivity contribution in [1.29, 1.82) is 0 Å². The van der Waals surface area contributed by atoms with Crippen molar-refractivity contribution in [1.82, 2.24) is 9.80 Å².